The van der Waals surface area contributed by atoms with E-state index >= 15 is 0 Å². The largest absolute Gasteiger partial charge is 0.284 e. The molecule has 0 atom stereocenters. The third kappa shape index (κ3) is 3.98. The number of carbonyl (C=O) groups excluding carboxylic acids is 1. The van der Waals surface area contributed by atoms with Gasteiger partial charge in [-0.3, -0.25) is 14.9 Å². The lowest BCUT2D eigenvalue weighted by Gasteiger charge is -2.01. The van der Waals surface area contributed by atoms with Crippen LogP contribution in [-0.2, 0) is 0 Å². The zero-order valence-corrected chi connectivity index (χ0v) is 13.2. The molecule has 2 aromatic carbocycles. The van der Waals surface area contributed by atoms with Crippen molar-refractivity contribution in [3.05, 3.63) is 73.7 Å². The molecule has 2 rings (SSSR count). The summed E-state index contributed by atoms with van der Waals surface area (Å²) in [6, 6.07) is 11.7. The first-order valence-electron chi connectivity index (χ1n) is 6.31. The Morgan fingerprint density at radius 3 is 2.77 bits per heavy atom. The number of rotatable bonds is 4. The number of aryl methyl sites for hydroxylation is 1. The van der Waals surface area contributed by atoms with Crippen LogP contribution in [0.3, 0.4) is 0 Å². The lowest BCUT2D eigenvalue weighted by atomic mass is 10.1. The normalized spacial score (nSPS) is 10.6. The molecule has 0 bridgehead atoms. The minimum absolute atomic E-state index is 0.0611. The molecule has 0 fully saturated rings. The molecule has 1 N–H and O–H groups in total. The number of hydrazone groups is 1. The van der Waals surface area contributed by atoms with E-state index < -0.39 is 4.92 Å². The standard InChI is InChI=1S/C15H12BrN3O3/c1-10-3-2-4-12(7-10)15(20)18-17-9-11-5-6-13(16)14(8-11)19(21)22/h2-9H,1H3,(H,18,20)/b17-9+. The maximum absolute atomic E-state index is 11.9. The molecule has 6 nitrogen and oxygen atoms in total. The summed E-state index contributed by atoms with van der Waals surface area (Å²) in [7, 11) is 0. The molecule has 2 aromatic rings. The van der Waals surface area contributed by atoms with Crippen LogP contribution in [0.25, 0.3) is 0 Å². The van der Waals surface area contributed by atoms with Crippen LogP contribution in [-0.4, -0.2) is 17.0 Å². The predicted octanol–water partition coefficient (Wildman–Crippen LogP) is 3.43. The second-order valence-electron chi connectivity index (χ2n) is 4.54. The first kappa shape index (κ1) is 15.8. The predicted molar refractivity (Wildman–Crippen MR) is 87.0 cm³/mol. The van der Waals surface area contributed by atoms with Gasteiger partial charge in [-0.15, -0.1) is 0 Å². The van der Waals surface area contributed by atoms with Gasteiger partial charge >= 0.3 is 0 Å². The second kappa shape index (κ2) is 6.95. The molecule has 0 aliphatic heterocycles. The Balaban J connectivity index is 2.08. The Bertz CT molecular complexity index is 759. The van der Waals surface area contributed by atoms with E-state index in [0.29, 0.717) is 15.6 Å². The molecule has 0 saturated carbocycles. The van der Waals surface area contributed by atoms with E-state index in [1.54, 1.807) is 30.3 Å². The Morgan fingerprint density at radius 1 is 1.32 bits per heavy atom. The van der Waals surface area contributed by atoms with Crippen LogP contribution >= 0.6 is 15.9 Å². The minimum atomic E-state index is -0.493. The third-order valence-electron chi connectivity index (χ3n) is 2.83. The second-order valence-corrected chi connectivity index (χ2v) is 5.39. The summed E-state index contributed by atoms with van der Waals surface area (Å²) in [4.78, 5) is 22.2. The highest BCUT2D eigenvalue weighted by atomic mass is 79.9. The summed E-state index contributed by atoms with van der Waals surface area (Å²) >= 11 is 3.10. The van der Waals surface area contributed by atoms with Crippen molar-refractivity contribution in [2.75, 3.05) is 0 Å². The minimum Gasteiger partial charge on any atom is -0.267 e. The molecule has 0 aromatic heterocycles. The molecule has 0 aliphatic carbocycles. The molecular weight excluding hydrogens is 350 g/mol. The number of nitrogens with one attached hydrogen (secondary N) is 1. The van der Waals surface area contributed by atoms with Crippen molar-refractivity contribution in [2.24, 2.45) is 5.10 Å². The first-order chi connectivity index (χ1) is 10.5. The number of nitrogens with zero attached hydrogens (tertiary/aromatic N) is 2. The first-order valence-corrected chi connectivity index (χ1v) is 7.10. The zero-order chi connectivity index (χ0) is 16.1. The summed E-state index contributed by atoms with van der Waals surface area (Å²) in [6.45, 7) is 1.89. The molecular formula is C15H12BrN3O3. The van der Waals surface area contributed by atoms with Crippen molar-refractivity contribution in [3.8, 4) is 0 Å². The number of nitro groups is 1. The maximum atomic E-state index is 11.9. The number of carbonyl (C=O) groups is 1. The van der Waals surface area contributed by atoms with E-state index in [4.69, 9.17) is 0 Å². The highest BCUT2D eigenvalue weighted by Crippen LogP contribution is 2.24. The average molecular weight is 362 g/mol. The number of amides is 1. The van der Waals surface area contributed by atoms with Gasteiger partial charge < -0.3 is 0 Å². The topological polar surface area (TPSA) is 84.6 Å². The van der Waals surface area contributed by atoms with E-state index in [1.165, 1.54) is 12.3 Å². The molecule has 112 valence electrons. The van der Waals surface area contributed by atoms with E-state index in [2.05, 4.69) is 26.5 Å². The fourth-order valence-corrected chi connectivity index (χ4v) is 2.16. The SMILES string of the molecule is Cc1cccc(C(=O)N/N=C/c2ccc(Br)c([N+](=O)[O-])c2)c1. The van der Waals surface area contributed by atoms with Gasteiger partial charge in [0.2, 0.25) is 0 Å². The molecule has 0 heterocycles. The molecule has 0 spiro atoms. The average Bonchev–Trinajstić information content (AvgIpc) is 2.48. The van der Waals surface area contributed by atoms with Gasteiger partial charge in [0.25, 0.3) is 11.6 Å². The van der Waals surface area contributed by atoms with Crippen LogP contribution in [0, 0.1) is 17.0 Å². The van der Waals surface area contributed by atoms with Crippen LogP contribution in [0.15, 0.2) is 52.0 Å². The molecule has 7 heteroatoms. The molecule has 0 saturated heterocycles. The van der Waals surface area contributed by atoms with Crippen molar-refractivity contribution < 1.29 is 9.72 Å². The highest BCUT2D eigenvalue weighted by molar-refractivity contribution is 9.10. The van der Waals surface area contributed by atoms with Crippen molar-refractivity contribution in [2.45, 2.75) is 6.92 Å². The number of hydrogen-bond acceptors (Lipinski definition) is 4. The summed E-state index contributed by atoms with van der Waals surface area (Å²) in [5, 5.41) is 14.6. The van der Waals surface area contributed by atoms with Crippen LogP contribution < -0.4 is 5.43 Å². The Hall–Kier alpha value is -2.54. The summed E-state index contributed by atoms with van der Waals surface area (Å²) in [6.07, 6.45) is 1.35. The third-order valence-corrected chi connectivity index (χ3v) is 3.50. The quantitative estimate of drug-likeness (QED) is 0.514. The van der Waals surface area contributed by atoms with E-state index in [9.17, 15) is 14.9 Å². The number of hydrogen-bond donors (Lipinski definition) is 1. The van der Waals surface area contributed by atoms with Gasteiger partial charge in [0, 0.05) is 17.2 Å². The van der Waals surface area contributed by atoms with E-state index in [-0.39, 0.29) is 11.6 Å². The summed E-state index contributed by atoms with van der Waals surface area (Å²) in [5.41, 5.74) is 4.31. The Morgan fingerprint density at radius 2 is 2.09 bits per heavy atom. The van der Waals surface area contributed by atoms with Crippen LogP contribution in [0.5, 0.6) is 0 Å². The molecule has 0 radical (unpaired) electrons. The fraction of sp³-hybridized carbons (Fsp3) is 0.0667. The monoisotopic (exact) mass is 361 g/mol. The lowest BCUT2D eigenvalue weighted by molar-refractivity contribution is -0.385. The van der Waals surface area contributed by atoms with E-state index in [1.807, 2.05) is 13.0 Å². The summed E-state index contributed by atoms with van der Waals surface area (Å²) < 4.78 is 0.387. The van der Waals surface area contributed by atoms with Gasteiger partial charge in [0.15, 0.2) is 0 Å². The van der Waals surface area contributed by atoms with Crippen LogP contribution in [0.4, 0.5) is 5.69 Å². The number of nitro benzene ring substituents is 1. The van der Waals surface area contributed by atoms with Gasteiger partial charge in [-0.05, 0) is 41.1 Å². The van der Waals surface area contributed by atoms with Crippen LogP contribution in [0.1, 0.15) is 21.5 Å². The number of benzene rings is 2. The van der Waals surface area contributed by atoms with Gasteiger partial charge in [-0.1, -0.05) is 23.8 Å². The Labute approximate surface area is 135 Å². The maximum Gasteiger partial charge on any atom is 0.284 e. The zero-order valence-electron chi connectivity index (χ0n) is 11.6. The highest BCUT2D eigenvalue weighted by Gasteiger charge is 2.11. The molecule has 22 heavy (non-hydrogen) atoms. The van der Waals surface area contributed by atoms with Crippen molar-refractivity contribution in [3.63, 3.8) is 0 Å². The van der Waals surface area contributed by atoms with Crippen molar-refractivity contribution >= 4 is 33.7 Å². The van der Waals surface area contributed by atoms with Gasteiger partial charge in [0.1, 0.15) is 0 Å². The van der Waals surface area contributed by atoms with Gasteiger partial charge in [-0.25, -0.2) is 5.43 Å². The molecule has 0 unspecified atom stereocenters. The lowest BCUT2D eigenvalue weighted by Crippen LogP contribution is -2.17. The fourth-order valence-electron chi connectivity index (χ4n) is 1.77. The molecule has 1 amide bonds. The Kier molecular flexibility index (Phi) is 5.00. The van der Waals surface area contributed by atoms with Gasteiger partial charge in [-0.2, -0.15) is 5.10 Å². The number of halogens is 1. The van der Waals surface area contributed by atoms with Crippen molar-refractivity contribution in [1.29, 1.82) is 0 Å². The summed E-state index contributed by atoms with van der Waals surface area (Å²) in [5.74, 6) is -0.341. The van der Waals surface area contributed by atoms with Crippen molar-refractivity contribution in [1.82, 2.24) is 5.43 Å². The van der Waals surface area contributed by atoms with E-state index in [0.717, 1.165) is 5.56 Å². The van der Waals surface area contributed by atoms with Gasteiger partial charge in [0.05, 0.1) is 15.6 Å². The van der Waals surface area contributed by atoms with Crippen LogP contribution in [0.2, 0.25) is 0 Å². The molecule has 0 aliphatic rings. The smallest absolute Gasteiger partial charge is 0.267 e.